The van der Waals surface area contributed by atoms with E-state index >= 15 is 0 Å². The third-order valence-electron chi connectivity index (χ3n) is 2.84. The van der Waals surface area contributed by atoms with Crippen LogP contribution in [0, 0.1) is 6.92 Å². The van der Waals surface area contributed by atoms with Crippen LogP contribution in [0.2, 0.25) is 10.0 Å². The number of halogens is 3. The van der Waals surface area contributed by atoms with Crippen LogP contribution in [0.1, 0.15) is 11.1 Å². The molecule has 0 N–H and O–H groups in total. The van der Waals surface area contributed by atoms with Crippen molar-refractivity contribution in [2.24, 2.45) is 0 Å². The van der Waals surface area contributed by atoms with Crippen LogP contribution in [-0.4, -0.2) is 8.42 Å². The zero-order chi connectivity index (χ0) is 15.6. The Morgan fingerprint density at radius 3 is 2.48 bits per heavy atom. The first kappa shape index (κ1) is 16.4. The second-order valence-corrected chi connectivity index (χ2v) is 7.72. The Morgan fingerprint density at radius 2 is 1.86 bits per heavy atom. The van der Waals surface area contributed by atoms with Crippen molar-refractivity contribution in [2.45, 2.75) is 18.4 Å². The molecule has 0 spiro atoms. The summed E-state index contributed by atoms with van der Waals surface area (Å²) < 4.78 is 28.1. The van der Waals surface area contributed by atoms with E-state index in [1.165, 1.54) is 12.1 Å². The molecule has 0 radical (unpaired) electrons. The van der Waals surface area contributed by atoms with E-state index in [1.54, 1.807) is 31.2 Å². The Labute approximate surface area is 137 Å². The Bertz CT molecular complexity index is 773. The first-order valence-electron chi connectivity index (χ1n) is 5.90. The van der Waals surface area contributed by atoms with Crippen molar-refractivity contribution in [1.82, 2.24) is 0 Å². The van der Waals surface area contributed by atoms with E-state index < -0.39 is 9.05 Å². The van der Waals surface area contributed by atoms with Crippen LogP contribution in [-0.2, 0) is 15.7 Å². The molecular formula is C14H11Cl3O3S. The van der Waals surface area contributed by atoms with E-state index in [0.717, 1.165) is 5.56 Å². The molecule has 0 amide bonds. The Balaban J connectivity index is 2.19. The monoisotopic (exact) mass is 364 g/mol. The second kappa shape index (κ2) is 6.44. The predicted molar refractivity (Wildman–Crippen MR) is 85.0 cm³/mol. The average Bonchev–Trinajstić information content (AvgIpc) is 2.40. The summed E-state index contributed by atoms with van der Waals surface area (Å²) >= 11 is 12.0. The standard InChI is InChI=1S/C14H11Cl3O3S/c1-9-7-11(21(17,18)19)5-6-13(9)20-8-10-3-2-4-12(15)14(10)16/h2-7H,8H2,1H3. The molecule has 21 heavy (non-hydrogen) atoms. The largest absolute Gasteiger partial charge is 0.489 e. The number of hydrogen-bond acceptors (Lipinski definition) is 3. The van der Waals surface area contributed by atoms with Gasteiger partial charge in [0.15, 0.2) is 0 Å². The molecule has 3 nitrogen and oxygen atoms in total. The van der Waals surface area contributed by atoms with Gasteiger partial charge in [0.1, 0.15) is 12.4 Å². The van der Waals surface area contributed by atoms with Gasteiger partial charge in [-0.2, -0.15) is 0 Å². The lowest BCUT2D eigenvalue weighted by Gasteiger charge is -2.11. The van der Waals surface area contributed by atoms with E-state index in [-0.39, 0.29) is 11.5 Å². The highest BCUT2D eigenvalue weighted by Crippen LogP contribution is 2.28. The van der Waals surface area contributed by atoms with Crippen LogP contribution in [0.4, 0.5) is 0 Å². The minimum Gasteiger partial charge on any atom is -0.489 e. The third-order valence-corrected chi connectivity index (χ3v) is 5.05. The van der Waals surface area contributed by atoms with Crippen molar-refractivity contribution >= 4 is 42.9 Å². The minimum atomic E-state index is -3.74. The zero-order valence-corrected chi connectivity index (χ0v) is 14.0. The van der Waals surface area contributed by atoms with Gasteiger partial charge in [-0.25, -0.2) is 8.42 Å². The van der Waals surface area contributed by atoms with Gasteiger partial charge in [0.2, 0.25) is 0 Å². The van der Waals surface area contributed by atoms with Crippen molar-refractivity contribution in [3.8, 4) is 5.75 Å². The van der Waals surface area contributed by atoms with E-state index in [4.69, 9.17) is 38.6 Å². The molecule has 7 heteroatoms. The highest BCUT2D eigenvalue weighted by Gasteiger charge is 2.12. The van der Waals surface area contributed by atoms with Crippen molar-refractivity contribution in [3.05, 3.63) is 57.6 Å². The molecule has 0 aliphatic heterocycles. The van der Waals surface area contributed by atoms with Gasteiger partial charge in [0.05, 0.1) is 14.9 Å². The molecule has 0 bridgehead atoms. The molecule has 0 atom stereocenters. The van der Waals surface area contributed by atoms with Crippen LogP contribution in [0.3, 0.4) is 0 Å². The van der Waals surface area contributed by atoms with E-state index in [2.05, 4.69) is 0 Å². The minimum absolute atomic E-state index is 0.0369. The summed E-state index contributed by atoms with van der Waals surface area (Å²) in [5.41, 5.74) is 1.41. The molecule has 0 saturated carbocycles. The lowest BCUT2D eigenvalue weighted by molar-refractivity contribution is 0.304. The number of rotatable bonds is 4. The van der Waals surface area contributed by atoms with E-state index in [9.17, 15) is 8.42 Å². The SMILES string of the molecule is Cc1cc(S(=O)(=O)Cl)ccc1OCc1cccc(Cl)c1Cl. The molecule has 0 heterocycles. The molecule has 0 fully saturated rings. The van der Waals surface area contributed by atoms with E-state index in [0.29, 0.717) is 21.4 Å². The molecular weight excluding hydrogens is 355 g/mol. The molecule has 0 aromatic heterocycles. The Kier molecular flexibility index (Phi) is 5.04. The highest BCUT2D eigenvalue weighted by molar-refractivity contribution is 8.13. The van der Waals surface area contributed by atoms with Gasteiger partial charge < -0.3 is 4.74 Å². The van der Waals surface area contributed by atoms with Gasteiger partial charge in [0, 0.05) is 16.2 Å². The predicted octanol–water partition coefficient (Wildman–Crippen LogP) is 4.81. The molecule has 0 aliphatic carbocycles. The van der Waals surface area contributed by atoms with Gasteiger partial charge in [-0.15, -0.1) is 0 Å². The second-order valence-electron chi connectivity index (χ2n) is 4.37. The summed E-state index contributed by atoms with van der Waals surface area (Å²) in [6, 6.07) is 9.69. The van der Waals surface area contributed by atoms with Crippen molar-refractivity contribution in [3.63, 3.8) is 0 Å². The zero-order valence-electron chi connectivity index (χ0n) is 10.9. The highest BCUT2D eigenvalue weighted by atomic mass is 35.7. The van der Waals surface area contributed by atoms with E-state index in [1.807, 2.05) is 0 Å². The summed E-state index contributed by atoms with van der Waals surface area (Å²) in [5.74, 6) is 0.551. The summed E-state index contributed by atoms with van der Waals surface area (Å²) in [6.07, 6.45) is 0. The topological polar surface area (TPSA) is 43.4 Å². The molecule has 2 aromatic carbocycles. The average molecular weight is 366 g/mol. The van der Waals surface area contributed by atoms with Crippen LogP contribution < -0.4 is 4.74 Å². The molecule has 0 aliphatic rings. The fourth-order valence-corrected chi connectivity index (χ4v) is 2.96. The molecule has 2 rings (SSSR count). The van der Waals surface area contributed by atoms with Gasteiger partial charge in [0.25, 0.3) is 9.05 Å². The lowest BCUT2D eigenvalue weighted by Crippen LogP contribution is -1.99. The number of benzene rings is 2. The van der Waals surface area contributed by atoms with Crippen LogP contribution >= 0.6 is 33.9 Å². The van der Waals surface area contributed by atoms with Crippen LogP contribution in [0.5, 0.6) is 5.75 Å². The molecule has 0 saturated heterocycles. The summed E-state index contributed by atoms with van der Waals surface area (Å²) in [5, 5.41) is 0.898. The van der Waals surface area contributed by atoms with Gasteiger partial charge in [-0.1, -0.05) is 35.3 Å². The lowest BCUT2D eigenvalue weighted by atomic mass is 10.2. The molecule has 2 aromatic rings. The number of ether oxygens (including phenoxy) is 1. The van der Waals surface area contributed by atoms with Crippen molar-refractivity contribution in [2.75, 3.05) is 0 Å². The van der Waals surface area contributed by atoms with Crippen molar-refractivity contribution < 1.29 is 13.2 Å². The van der Waals surface area contributed by atoms with Crippen molar-refractivity contribution in [1.29, 1.82) is 0 Å². The Morgan fingerprint density at radius 1 is 1.14 bits per heavy atom. The first-order chi connectivity index (χ1) is 9.79. The molecule has 112 valence electrons. The van der Waals surface area contributed by atoms with Gasteiger partial charge in [-0.05, 0) is 36.8 Å². The summed E-state index contributed by atoms with van der Waals surface area (Å²) in [4.78, 5) is 0.0369. The van der Waals surface area contributed by atoms with Gasteiger partial charge >= 0.3 is 0 Å². The van der Waals surface area contributed by atoms with Crippen LogP contribution in [0.25, 0.3) is 0 Å². The molecule has 0 unspecified atom stereocenters. The number of hydrogen-bond donors (Lipinski definition) is 0. The quantitative estimate of drug-likeness (QED) is 0.730. The smallest absolute Gasteiger partial charge is 0.261 e. The number of aryl methyl sites for hydroxylation is 1. The maximum absolute atomic E-state index is 11.3. The summed E-state index contributed by atoms with van der Waals surface area (Å²) in [6.45, 7) is 1.97. The maximum Gasteiger partial charge on any atom is 0.261 e. The third kappa shape index (κ3) is 4.04. The van der Waals surface area contributed by atoms with Crippen LogP contribution in [0.15, 0.2) is 41.3 Å². The normalized spacial score (nSPS) is 11.4. The van der Waals surface area contributed by atoms with Gasteiger partial charge in [-0.3, -0.25) is 0 Å². The summed E-state index contributed by atoms with van der Waals surface area (Å²) in [7, 11) is 1.55. The first-order valence-corrected chi connectivity index (χ1v) is 8.96. The fourth-order valence-electron chi connectivity index (χ4n) is 1.75. The maximum atomic E-state index is 11.3. The Hall–Kier alpha value is -0.940. The fraction of sp³-hybridized carbons (Fsp3) is 0.143.